The zero-order valence-electron chi connectivity index (χ0n) is 29.8. The molecule has 11 rings (SSSR count). The number of hydrogen-bond acceptors (Lipinski definition) is 3. The maximum atomic E-state index is 6.22. The smallest absolute Gasteiger partial charge is 0.135 e. The molecule has 9 aromatic carbocycles. The molecule has 0 atom stereocenters. The highest BCUT2D eigenvalue weighted by molar-refractivity contribution is 6.07. The van der Waals surface area contributed by atoms with Gasteiger partial charge in [0.1, 0.15) is 22.3 Å². The maximum absolute atomic E-state index is 6.22. The van der Waals surface area contributed by atoms with Crippen LogP contribution >= 0.6 is 0 Å². The van der Waals surface area contributed by atoms with Gasteiger partial charge in [-0.15, -0.1) is 0 Å². The van der Waals surface area contributed by atoms with E-state index in [0.717, 1.165) is 72.1 Å². The molecule has 0 amide bonds. The van der Waals surface area contributed by atoms with Crippen LogP contribution in [0, 0.1) is 0 Å². The Balaban J connectivity index is 0.990. The normalized spacial score (nSPS) is 11.6. The average Bonchev–Trinajstić information content (AvgIpc) is 3.82. The first-order valence-corrected chi connectivity index (χ1v) is 18.7. The number of nitrogens with zero attached hydrogens (tertiary/aromatic N) is 1. The van der Waals surface area contributed by atoms with Crippen molar-refractivity contribution in [2.45, 2.75) is 0 Å². The van der Waals surface area contributed by atoms with Crippen molar-refractivity contribution in [2.75, 3.05) is 4.90 Å². The van der Waals surface area contributed by atoms with E-state index in [1.165, 1.54) is 33.0 Å². The zero-order chi connectivity index (χ0) is 36.3. The summed E-state index contributed by atoms with van der Waals surface area (Å²) in [6, 6.07) is 71.2. The second kappa shape index (κ2) is 12.6. The monoisotopic (exact) mass is 703 g/mol. The Hall–Kier alpha value is -7.36. The van der Waals surface area contributed by atoms with E-state index in [0.29, 0.717) is 0 Å². The molecule has 11 aromatic rings. The summed E-state index contributed by atoms with van der Waals surface area (Å²) >= 11 is 0. The molecule has 0 aliphatic carbocycles. The first-order valence-electron chi connectivity index (χ1n) is 18.7. The van der Waals surface area contributed by atoms with Crippen LogP contribution in [0.1, 0.15) is 0 Å². The van der Waals surface area contributed by atoms with Crippen LogP contribution in [0.25, 0.3) is 88.0 Å². The number of rotatable bonds is 6. The quantitative estimate of drug-likeness (QED) is 0.173. The van der Waals surface area contributed by atoms with Gasteiger partial charge in [-0.05, 0) is 117 Å². The molecule has 0 N–H and O–H groups in total. The van der Waals surface area contributed by atoms with Gasteiger partial charge in [0, 0.05) is 38.6 Å². The summed E-state index contributed by atoms with van der Waals surface area (Å²) in [6.07, 6.45) is 0. The molecule has 2 aromatic heterocycles. The third-order valence-corrected chi connectivity index (χ3v) is 10.9. The van der Waals surface area contributed by atoms with Crippen LogP contribution in [0.15, 0.2) is 209 Å². The van der Waals surface area contributed by atoms with Crippen LogP contribution in [0.5, 0.6) is 0 Å². The van der Waals surface area contributed by atoms with E-state index < -0.39 is 0 Å². The van der Waals surface area contributed by atoms with Gasteiger partial charge in [0.2, 0.25) is 0 Å². The number of fused-ring (bicyclic) bond motifs is 7. The van der Waals surface area contributed by atoms with E-state index in [4.69, 9.17) is 8.83 Å². The minimum absolute atomic E-state index is 0.879. The molecule has 0 aliphatic heterocycles. The van der Waals surface area contributed by atoms with Crippen molar-refractivity contribution in [3.63, 3.8) is 0 Å². The first-order chi connectivity index (χ1) is 27.2. The van der Waals surface area contributed by atoms with E-state index in [-0.39, 0.29) is 0 Å². The summed E-state index contributed by atoms with van der Waals surface area (Å²) in [7, 11) is 0. The Morgan fingerprint density at radius 3 is 1.44 bits per heavy atom. The summed E-state index contributed by atoms with van der Waals surface area (Å²) in [6.45, 7) is 0. The van der Waals surface area contributed by atoms with Crippen molar-refractivity contribution >= 4 is 71.7 Å². The van der Waals surface area contributed by atoms with Crippen LogP contribution < -0.4 is 4.90 Å². The molecule has 0 saturated carbocycles. The average molecular weight is 704 g/mol. The summed E-state index contributed by atoms with van der Waals surface area (Å²) in [5, 5.41) is 6.97. The molecule has 0 spiro atoms. The molecule has 0 unspecified atom stereocenters. The third kappa shape index (κ3) is 5.36. The summed E-state index contributed by atoms with van der Waals surface area (Å²) in [5.74, 6) is 0. The molecule has 3 heteroatoms. The molecule has 0 bridgehead atoms. The summed E-state index contributed by atoms with van der Waals surface area (Å²) in [5.41, 5.74) is 13.9. The van der Waals surface area contributed by atoms with Crippen LogP contribution in [0.3, 0.4) is 0 Å². The maximum Gasteiger partial charge on any atom is 0.135 e. The molecule has 0 fully saturated rings. The summed E-state index contributed by atoms with van der Waals surface area (Å²) < 4.78 is 12.3. The predicted molar refractivity (Wildman–Crippen MR) is 229 cm³/mol. The van der Waals surface area contributed by atoms with Crippen molar-refractivity contribution in [1.82, 2.24) is 0 Å². The molecule has 0 radical (unpaired) electrons. The molecule has 3 nitrogen and oxygen atoms in total. The predicted octanol–water partition coefficient (Wildman–Crippen LogP) is 15.1. The van der Waals surface area contributed by atoms with Crippen LogP contribution in [0.4, 0.5) is 17.1 Å². The fraction of sp³-hybridized carbons (Fsp3) is 0. The number of para-hydroxylation sites is 2. The Morgan fingerprint density at radius 2 is 0.745 bits per heavy atom. The second-order valence-corrected chi connectivity index (χ2v) is 14.1. The Kier molecular flexibility index (Phi) is 7.17. The number of hydrogen-bond donors (Lipinski definition) is 0. The largest absolute Gasteiger partial charge is 0.456 e. The Morgan fingerprint density at radius 1 is 0.273 bits per heavy atom. The standard InChI is InChI=1S/C52H33NO2/c1-2-13-43-36(9-1)10-8-16-44(43)39-12-7-11-37(31-39)34-19-24-40(25-20-34)53(42-28-30-52-48(33-42)46-15-4-6-18-50(46)55-52)41-26-21-35(22-27-41)38-23-29-51-47(32-38)45-14-3-5-17-49(45)54-51/h1-33H. The van der Waals surface area contributed by atoms with Gasteiger partial charge >= 0.3 is 0 Å². The van der Waals surface area contributed by atoms with Gasteiger partial charge in [0.15, 0.2) is 0 Å². The van der Waals surface area contributed by atoms with E-state index in [1.54, 1.807) is 0 Å². The van der Waals surface area contributed by atoms with Crippen molar-refractivity contribution < 1.29 is 8.83 Å². The lowest BCUT2D eigenvalue weighted by Crippen LogP contribution is -2.09. The van der Waals surface area contributed by atoms with Gasteiger partial charge in [0.25, 0.3) is 0 Å². The van der Waals surface area contributed by atoms with E-state index in [9.17, 15) is 0 Å². The Labute approximate surface area is 317 Å². The van der Waals surface area contributed by atoms with Crippen molar-refractivity contribution in [3.05, 3.63) is 200 Å². The van der Waals surface area contributed by atoms with Gasteiger partial charge in [-0.1, -0.05) is 127 Å². The summed E-state index contributed by atoms with van der Waals surface area (Å²) in [4.78, 5) is 2.33. The lowest BCUT2D eigenvalue weighted by Gasteiger charge is -2.26. The number of anilines is 3. The molecule has 258 valence electrons. The van der Waals surface area contributed by atoms with Gasteiger partial charge in [-0.2, -0.15) is 0 Å². The van der Waals surface area contributed by atoms with E-state index >= 15 is 0 Å². The lowest BCUT2D eigenvalue weighted by molar-refractivity contribution is 0.668. The van der Waals surface area contributed by atoms with Crippen LogP contribution in [-0.2, 0) is 0 Å². The van der Waals surface area contributed by atoms with Gasteiger partial charge in [-0.3, -0.25) is 0 Å². The van der Waals surface area contributed by atoms with Crippen molar-refractivity contribution in [3.8, 4) is 33.4 Å². The van der Waals surface area contributed by atoms with E-state index in [2.05, 4.69) is 181 Å². The topological polar surface area (TPSA) is 29.5 Å². The zero-order valence-corrected chi connectivity index (χ0v) is 29.8. The third-order valence-electron chi connectivity index (χ3n) is 10.9. The van der Waals surface area contributed by atoms with E-state index in [1.807, 2.05) is 24.3 Å². The van der Waals surface area contributed by atoms with Crippen molar-refractivity contribution in [1.29, 1.82) is 0 Å². The minimum Gasteiger partial charge on any atom is -0.456 e. The molecule has 55 heavy (non-hydrogen) atoms. The molecule has 0 saturated heterocycles. The van der Waals surface area contributed by atoms with Crippen LogP contribution in [0.2, 0.25) is 0 Å². The SMILES string of the molecule is c1cc(-c2ccc(N(c3ccc(-c4ccc5oc6ccccc6c5c4)cc3)c3ccc4oc5ccccc5c4c3)cc2)cc(-c2cccc3ccccc23)c1. The molecular weight excluding hydrogens is 671 g/mol. The molecule has 2 heterocycles. The molecule has 0 aliphatic rings. The van der Waals surface area contributed by atoms with Gasteiger partial charge < -0.3 is 13.7 Å². The van der Waals surface area contributed by atoms with Crippen molar-refractivity contribution in [2.24, 2.45) is 0 Å². The van der Waals surface area contributed by atoms with Gasteiger partial charge in [0.05, 0.1) is 0 Å². The Bertz CT molecular complexity index is 3200. The first kappa shape index (κ1) is 31.2. The number of furan rings is 2. The highest BCUT2D eigenvalue weighted by atomic mass is 16.3. The van der Waals surface area contributed by atoms with Gasteiger partial charge in [-0.25, -0.2) is 0 Å². The number of benzene rings is 9. The lowest BCUT2D eigenvalue weighted by atomic mass is 9.95. The fourth-order valence-electron chi connectivity index (χ4n) is 8.16. The second-order valence-electron chi connectivity index (χ2n) is 14.1. The highest BCUT2D eigenvalue weighted by Gasteiger charge is 2.17. The van der Waals surface area contributed by atoms with Crippen LogP contribution in [-0.4, -0.2) is 0 Å². The minimum atomic E-state index is 0.879. The molecular formula is C52H33NO2. The highest BCUT2D eigenvalue weighted by Crippen LogP contribution is 2.41. The fourth-order valence-corrected chi connectivity index (χ4v) is 8.16.